The van der Waals surface area contributed by atoms with E-state index in [9.17, 15) is 4.79 Å². The van der Waals surface area contributed by atoms with Gasteiger partial charge in [0.25, 0.3) is 5.91 Å². The van der Waals surface area contributed by atoms with Gasteiger partial charge >= 0.3 is 0 Å². The van der Waals surface area contributed by atoms with Crippen LogP contribution in [0.2, 0.25) is 0 Å². The molecule has 0 spiro atoms. The summed E-state index contributed by atoms with van der Waals surface area (Å²) in [5.41, 5.74) is 1.68. The van der Waals surface area contributed by atoms with Crippen LogP contribution in [-0.2, 0) is 6.54 Å². The Labute approximate surface area is 106 Å². The summed E-state index contributed by atoms with van der Waals surface area (Å²) < 4.78 is 5.32. The lowest BCUT2D eigenvalue weighted by Crippen LogP contribution is -2.22. The fourth-order valence-electron chi connectivity index (χ4n) is 1.62. The summed E-state index contributed by atoms with van der Waals surface area (Å²) in [6.07, 6.45) is 3.69. The number of aromatic nitrogens is 1. The smallest absolute Gasteiger partial charge is 0.251 e. The van der Waals surface area contributed by atoms with Crippen LogP contribution in [0.1, 0.15) is 22.8 Å². The summed E-state index contributed by atoms with van der Waals surface area (Å²) in [6, 6.07) is 9.05. The van der Waals surface area contributed by atoms with Gasteiger partial charge in [-0.2, -0.15) is 0 Å². The first-order valence-corrected chi connectivity index (χ1v) is 5.92. The number of nitrogens with one attached hydrogen (secondary N) is 2. The Hall–Kier alpha value is -2.23. The van der Waals surface area contributed by atoms with Gasteiger partial charge in [-0.1, -0.05) is 0 Å². The molecule has 0 atom stereocenters. The minimum atomic E-state index is -0.0840. The van der Waals surface area contributed by atoms with Crippen molar-refractivity contribution in [1.82, 2.24) is 10.3 Å². The van der Waals surface area contributed by atoms with Crippen molar-refractivity contribution in [1.29, 1.82) is 0 Å². The van der Waals surface area contributed by atoms with Gasteiger partial charge in [-0.3, -0.25) is 4.79 Å². The van der Waals surface area contributed by atoms with Crippen LogP contribution in [0.4, 0.5) is 0 Å². The van der Waals surface area contributed by atoms with E-state index in [1.165, 1.54) is 0 Å². The first kappa shape index (κ1) is 12.2. The van der Waals surface area contributed by atoms with E-state index in [0.29, 0.717) is 18.7 Å². The summed E-state index contributed by atoms with van der Waals surface area (Å²) in [4.78, 5) is 14.8. The molecular formula is C14H16N2O2. The van der Waals surface area contributed by atoms with Crippen molar-refractivity contribution in [3.05, 3.63) is 53.9 Å². The van der Waals surface area contributed by atoms with Gasteiger partial charge < -0.3 is 15.0 Å². The molecule has 1 aromatic heterocycles. The van der Waals surface area contributed by atoms with Crippen molar-refractivity contribution in [3.8, 4) is 5.75 Å². The Kier molecular flexibility index (Phi) is 4.02. The van der Waals surface area contributed by atoms with Gasteiger partial charge in [-0.05, 0) is 42.8 Å². The average Bonchev–Trinajstić information content (AvgIpc) is 2.90. The van der Waals surface area contributed by atoms with Crippen LogP contribution in [0.3, 0.4) is 0 Å². The van der Waals surface area contributed by atoms with Crippen LogP contribution in [0.5, 0.6) is 5.75 Å². The number of carbonyl (C=O) groups excluding carboxylic acids is 1. The molecule has 0 aliphatic carbocycles. The van der Waals surface area contributed by atoms with Gasteiger partial charge in [0.15, 0.2) is 0 Å². The summed E-state index contributed by atoms with van der Waals surface area (Å²) in [7, 11) is 0. The third-order valence-corrected chi connectivity index (χ3v) is 2.54. The van der Waals surface area contributed by atoms with Crippen LogP contribution in [0, 0.1) is 0 Å². The number of H-pyrrole nitrogens is 1. The number of ether oxygens (including phenoxy) is 1. The molecule has 94 valence electrons. The molecule has 4 heteroatoms. The lowest BCUT2D eigenvalue weighted by atomic mass is 10.2. The lowest BCUT2D eigenvalue weighted by molar-refractivity contribution is 0.0951. The van der Waals surface area contributed by atoms with Crippen molar-refractivity contribution in [2.45, 2.75) is 13.5 Å². The second-order valence-electron chi connectivity index (χ2n) is 3.86. The van der Waals surface area contributed by atoms with E-state index in [1.807, 2.05) is 25.4 Å². The fourth-order valence-corrected chi connectivity index (χ4v) is 1.62. The zero-order chi connectivity index (χ0) is 12.8. The van der Waals surface area contributed by atoms with E-state index in [2.05, 4.69) is 10.3 Å². The average molecular weight is 244 g/mol. The fraction of sp³-hybridized carbons (Fsp3) is 0.214. The highest BCUT2D eigenvalue weighted by Crippen LogP contribution is 2.12. The first-order chi connectivity index (χ1) is 8.79. The molecule has 1 amide bonds. The molecule has 0 aliphatic rings. The molecule has 0 fully saturated rings. The highest BCUT2D eigenvalue weighted by Gasteiger charge is 2.05. The molecule has 18 heavy (non-hydrogen) atoms. The zero-order valence-corrected chi connectivity index (χ0v) is 10.3. The molecule has 0 radical (unpaired) electrons. The monoisotopic (exact) mass is 244 g/mol. The van der Waals surface area contributed by atoms with Crippen LogP contribution >= 0.6 is 0 Å². The van der Waals surface area contributed by atoms with E-state index in [1.54, 1.807) is 24.3 Å². The summed E-state index contributed by atoms with van der Waals surface area (Å²) in [6.45, 7) is 3.08. The molecule has 0 bridgehead atoms. The van der Waals surface area contributed by atoms with Crippen molar-refractivity contribution >= 4 is 5.91 Å². The molecule has 2 aromatic rings. The Morgan fingerprint density at radius 3 is 2.67 bits per heavy atom. The topological polar surface area (TPSA) is 54.1 Å². The molecule has 1 heterocycles. The van der Waals surface area contributed by atoms with Crippen LogP contribution in [0.25, 0.3) is 0 Å². The van der Waals surface area contributed by atoms with Gasteiger partial charge in [-0.25, -0.2) is 0 Å². The molecular weight excluding hydrogens is 228 g/mol. The van der Waals surface area contributed by atoms with E-state index in [0.717, 1.165) is 11.3 Å². The molecule has 0 unspecified atom stereocenters. The van der Waals surface area contributed by atoms with E-state index in [4.69, 9.17) is 4.74 Å². The van der Waals surface area contributed by atoms with Gasteiger partial charge in [0.1, 0.15) is 5.75 Å². The number of amides is 1. The van der Waals surface area contributed by atoms with Gasteiger partial charge in [-0.15, -0.1) is 0 Å². The Morgan fingerprint density at radius 1 is 1.28 bits per heavy atom. The zero-order valence-electron chi connectivity index (χ0n) is 10.3. The SMILES string of the molecule is CCOc1ccc(C(=O)NCc2cc[nH]c2)cc1. The van der Waals surface area contributed by atoms with E-state index >= 15 is 0 Å². The Balaban J connectivity index is 1.92. The number of hydrogen-bond donors (Lipinski definition) is 2. The molecule has 1 aromatic carbocycles. The number of rotatable bonds is 5. The molecule has 4 nitrogen and oxygen atoms in total. The summed E-state index contributed by atoms with van der Waals surface area (Å²) >= 11 is 0. The number of benzene rings is 1. The quantitative estimate of drug-likeness (QED) is 0.848. The van der Waals surface area contributed by atoms with Gasteiger partial charge in [0.2, 0.25) is 0 Å². The van der Waals surface area contributed by atoms with Crippen LogP contribution < -0.4 is 10.1 Å². The summed E-state index contributed by atoms with van der Waals surface area (Å²) in [5, 5.41) is 2.85. The van der Waals surface area contributed by atoms with Crippen molar-refractivity contribution in [2.24, 2.45) is 0 Å². The number of aromatic amines is 1. The van der Waals surface area contributed by atoms with Crippen LogP contribution in [0.15, 0.2) is 42.7 Å². The number of hydrogen-bond acceptors (Lipinski definition) is 2. The molecule has 0 saturated heterocycles. The second-order valence-corrected chi connectivity index (χ2v) is 3.86. The van der Waals surface area contributed by atoms with Gasteiger partial charge in [0, 0.05) is 24.5 Å². The molecule has 2 rings (SSSR count). The Morgan fingerprint density at radius 2 is 2.06 bits per heavy atom. The van der Waals surface area contributed by atoms with E-state index < -0.39 is 0 Å². The number of carbonyl (C=O) groups is 1. The third kappa shape index (κ3) is 3.13. The molecule has 0 aliphatic heterocycles. The highest BCUT2D eigenvalue weighted by atomic mass is 16.5. The highest BCUT2D eigenvalue weighted by molar-refractivity contribution is 5.94. The minimum absolute atomic E-state index is 0.0840. The normalized spacial score (nSPS) is 10.1. The van der Waals surface area contributed by atoms with E-state index in [-0.39, 0.29) is 5.91 Å². The second kappa shape index (κ2) is 5.91. The predicted molar refractivity (Wildman–Crippen MR) is 69.6 cm³/mol. The third-order valence-electron chi connectivity index (χ3n) is 2.54. The largest absolute Gasteiger partial charge is 0.494 e. The molecule has 2 N–H and O–H groups in total. The predicted octanol–water partition coefficient (Wildman–Crippen LogP) is 2.34. The van der Waals surface area contributed by atoms with Gasteiger partial charge in [0.05, 0.1) is 6.61 Å². The Bertz CT molecular complexity index is 489. The summed E-state index contributed by atoms with van der Waals surface area (Å²) in [5.74, 6) is 0.693. The molecule has 0 saturated carbocycles. The van der Waals surface area contributed by atoms with Crippen molar-refractivity contribution < 1.29 is 9.53 Å². The maximum atomic E-state index is 11.8. The minimum Gasteiger partial charge on any atom is -0.494 e. The van der Waals surface area contributed by atoms with Crippen LogP contribution in [-0.4, -0.2) is 17.5 Å². The first-order valence-electron chi connectivity index (χ1n) is 5.92. The maximum Gasteiger partial charge on any atom is 0.251 e. The lowest BCUT2D eigenvalue weighted by Gasteiger charge is -2.06. The van der Waals surface area contributed by atoms with Crippen molar-refractivity contribution in [2.75, 3.05) is 6.61 Å². The standard InChI is InChI=1S/C14H16N2O2/c1-2-18-13-5-3-12(4-6-13)14(17)16-10-11-7-8-15-9-11/h3-9,15H,2,10H2,1H3,(H,16,17). The maximum absolute atomic E-state index is 11.8. The van der Waals surface area contributed by atoms with Crippen molar-refractivity contribution in [3.63, 3.8) is 0 Å².